The zero-order valence-electron chi connectivity index (χ0n) is 23.8. The van der Waals surface area contributed by atoms with Crippen LogP contribution >= 0.6 is 19.8 Å². The molecule has 0 fully saturated rings. The summed E-state index contributed by atoms with van der Waals surface area (Å²) in [6.07, 6.45) is 7.06. The van der Waals surface area contributed by atoms with Crippen LogP contribution < -0.4 is 20.8 Å². The van der Waals surface area contributed by atoms with Crippen LogP contribution in [0.25, 0.3) is 11.3 Å². The van der Waals surface area contributed by atoms with E-state index in [0.717, 1.165) is 44.3 Å². The van der Waals surface area contributed by atoms with Crippen molar-refractivity contribution in [3.63, 3.8) is 0 Å². The number of nitrogens with zero attached hydrogens (tertiary/aromatic N) is 5. The van der Waals surface area contributed by atoms with Crippen molar-refractivity contribution in [3.05, 3.63) is 107 Å². The van der Waals surface area contributed by atoms with E-state index in [2.05, 4.69) is 37.5 Å². The van der Waals surface area contributed by atoms with Gasteiger partial charge in [-0.2, -0.15) is 0 Å². The first-order valence-electron chi connectivity index (χ1n) is 13.8. The molecule has 0 aliphatic rings. The number of carbonyl (C=O) groups is 1. The first-order chi connectivity index (χ1) is 20.5. The van der Waals surface area contributed by atoms with Crippen molar-refractivity contribution in [2.45, 2.75) is 26.3 Å². The number of hydrogen-bond donors (Lipinski definition) is 1. The standard InChI is InChI=1S/C32H34IN7O2/c1-3-16-33(24-38-30-14-10-26(19-34)21-36-30)17-7-18-40(32(42)37-20-25-8-5-4-6-9-25)28-12-13-29(35-22-28)27-11-15-31(41)39(2)23-27/h4-6,8-15,21-24H,3,7,16-18,20H2,1-2H3,(H,37,42)/p+1. The fourth-order valence-corrected chi connectivity index (χ4v) is 8.69. The molecule has 4 aromatic rings. The second-order valence-corrected chi connectivity index (χ2v) is 15.1. The number of halogens is 1. The van der Waals surface area contributed by atoms with Gasteiger partial charge < -0.3 is 0 Å². The molecule has 0 atom stereocenters. The first-order valence-corrected chi connectivity index (χ1v) is 18.0. The van der Waals surface area contributed by atoms with Crippen LogP contribution in [0.1, 0.15) is 30.9 Å². The molecular weight excluding hydrogens is 641 g/mol. The van der Waals surface area contributed by atoms with Crippen molar-refractivity contribution in [1.29, 1.82) is 5.26 Å². The molecule has 10 heteroatoms. The van der Waals surface area contributed by atoms with Gasteiger partial charge in [-0.3, -0.25) is 4.79 Å². The van der Waals surface area contributed by atoms with Gasteiger partial charge in [-0.05, 0) is 0 Å². The summed E-state index contributed by atoms with van der Waals surface area (Å²) in [6, 6.07) is 22.4. The third kappa shape index (κ3) is 8.81. The summed E-state index contributed by atoms with van der Waals surface area (Å²) in [7, 11) is 1.71. The molecule has 2 amide bonds. The number of H-pyrrole nitrogens is 1. The molecule has 0 bridgehead atoms. The topological polar surface area (TPSA) is 118 Å². The van der Waals surface area contributed by atoms with E-state index in [0.29, 0.717) is 24.3 Å². The minimum absolute atomic E-state index is 0.0814. The number of benzene rings is 1. The average Bonchev–Trinajstić information content (AvgIpc) is 3.03. The van der Waals surface area contributed by atoms with Gasteiger partial charge in [0.2, 0.25) is 0 Å². The summed E-state index contributed by atoms with van der Waals surface area (Å²) in [5, 5.41) is 12.1. The van der Waals surface area contributed by atoms with Crippen LogP contribution in [0.15, 0.2) is 95.1 Å². The summed E-state index contributed by atoms with van der Waals surface area (Å²) in [5.41, 5.74) is 3.79. The van der Waals surface area contributed by atoms with Gasteiger partial charge in [0.15, 0.2) is 0 Å². The number of nitrogens with one attached hydrogen (secondary N) is 2. The van der Waals surface area contributed by atoms with Gasteiger partial charge >= 0.3 is 249 Å². The van der Waals surface area contributed by atoms with Gasteiger partial charge in [-0.1, -0.05) is 0 Å². The maximum absolute atomic E-state index is 13.4. The summed E-state index contributed by atoms with van der Waals surface area (Å²) in [5.74, 6) is 0.735. The molecule has 4 rings (SSSR count). The maximum atomic E-state index is 13.4. The summed E-state index contributed by atoms with van der Waals surface area (Å²) in [4.78, 5) is 39.3. The van der Waals surface area contributed by atoms with Crippen molar-refractivity contribution >= 4 is 41.6 Å². The van der Waals surface area contributed by atoms with Crippen LogP contribution in [-0.4, -0.2) is 35.2 Å². The molecule has 0 radical (unpaired) electrons. The number of aliphatic imine (C=N–C) groups is 1. The second-order valence-electron chi connectivity index (χ2n) is 9.59. The Morgan fingerprint density at radius 3 is 2.64 bits per heavy atom. The van der Waals surface area contributed by atoms with Crippen LogP contribution in [0.4, 0.5) is 16.3 Å². The van der Waals surface area contributed by atoms with Crippen LogP contribution in [0.3, 0.4) is 0 Å². The SMILES string of the molecule is CCCI(C=Nc1ccc(C#N)c[nH+]1)CCCN(C(=O)NCc1ccccc1)c1ccc(-c2ccc(=O)n(C)c2)nc1. The van der Waals surface area contributed by atoms with Crippen molar-refractivity contribution in [1.82, 2.24) is 14.9 Å². The van der Waals surface area contributed by atoms with Gasteiger partial charge in [0.05, 0.1) is 0 Å². The van der Waals surface area contributed by atoms with Crippen molar-refractivity contribution in [2.24, 2.45) is 12.0 Å². The number of aryl methyl sites for hydroxylation is 1. The molecule has 3 aromatic heterocycles. The molecule has 1 aromatic carbocycles. The Morgan fingerprint density at radius 2 is 1.98 bits per heavy atom. The van der Waals surface area contributed by atoms with Crippen molar-refractivity contribution < 1.29 is 9.78 Å². The number of alkyl halides is 2. The van der Waals surface area contributed by atoms with Gasteiger partial charge in [-0.25, -0.2) is 0 Å². The van der Waals surface area contributed by atoms with E-state index in [-0.39, 0.29) is 11.6 Å². The minimum atomic E-state index is -1.51. The zero-order valence-corrected chi connectivity index (χ0v) is 26.0. The van der Waals surface area contributed by atoms with Crippen LogP contribution in [-0.2, 0) is 13.6 Å². The predicted molar refractivity (Wildman–Crippen MR) is 175 cm³/mol. The van der Waals surface area contributed by atoms with Crippen molar-refractivity contribution in [3.8, 4) is 17.3 Å². The van der Waals surface area contributed by atoms with Crippen LogP contribution in [0.5, 0.6) is 0 Å². The molecule has 0 saturated carbocycles. The number of pyridine rings is 3. The van der Waals surface area contributed by atoms with E-state index in [1.807, 2.05) is 48.5 Å². The molecule has 0 aliphatic carbocycles. The molecule has 0 unspecified atom stereocenters. The second kappa shape index (κ2) is 15.6. The third-order valence-corrected chi connectivity index (χ3v) is 12.1. The van der Waals surface area contributed by atoms with Crippen LogP contribution in [0, 0.1) is 11.3 Å². The van der Waals surface area contributed by atoms with E-state index in [9.17, 15) is 9.59 Å². The van der Waals surface area contributed by atoms with E-state index in [1.165, 1.54) is 10.6 Å². The zero-order chi connectivity index (χ0) is 29.7. The van der Waals surface area contributed by atoms with E-state index < -0.39 is 19.8 Å². The van der Waals surface area contributed by atoms with Gasteiger partial charge in [0.1, 0.15) is 0 Å². The summed E-state index contributed by atoms with van der Waals surface area (Å²) < 4.78 is 5.80. The van der Waals surface area contributed by atoms with Gasteiger partial charge in [0.25, 0.3) is 0 Å². The van der Waals surface area contributed by atoms with E-state index in [1.54, 1.807) is 42.7 Å². The third-order valence-electron chi connectivity index (χ3n) is 6.41. The number of anilines is 1. The van der Waals surface area contributed by atoms with E-state index in [4.69, 9.17) is 5.26 Å². The molecular formula is C32H35IN7O2+. The first kappa shape index (κ1) is 30.6. The number of hydrogen-bond acceptors (Lipinski definition) is 5. The summed E-state index contributed by atoms with van der Waals surface area (Å²) >= 11 is -1.51. The molecule has 0 spiro atoms. The molecule has 216 valence electrons. The van der Waals surface area contributed by atoms with Gasteiger partial charge in [-0.15, -0.1) is 0 Å². The Hall–Kier alpha value is -4.37. The Labute approximate surface area is 253 Å². The molecule has 9 nitrogen and oxygen atoms in total. The fraction of sp³-hybridized carbons (Fsp3) is 0.250. The fourth-order valence-electron chi connectivity index (χ4n) is 4.19. The number of urea groups is 1. The van der Waals surface area contributed by atoms with Crippen molar-refractivity contribution in [2.75, 3.05) is 20.3 Å². The molecule has 3 heterocycles. The number of carbonyl (C=O) groups excluding carboxylic acids is 1. The molecule has 2 N–H and O–H groups in total. The van der Waals surface area contributed by atoms with Gasteiger partial charge in [0, 0.05) is 0 Å². The normalized spacial score (nSPS) is 11.2. The monoisotopic (exact) mass is 676 g/mol. The Bertz CT molecular complexity index is 1580. The van der Waals surface area contributed by atoms with E-state index >= 15 is 0 Å². The van der Waals surface area contributed by atoms with Crippen LogP contribution in [0.2, 0.25) is 0 Å². The molecule has 0 saturated heterocycles. The summed E-state index contributed by atoms with van der Waals surface area (Å²) in [6.45, 7) is 3.17. The number of amides is 2. The predicted octanol–water partition coefficient (Wildman–Crippen LogP) is 5.52. The quantitative estimate of drug-likeness (QED) is 0.121. The Balaban J connectivity index is 1.47. The number of rotatable bonds is 12. The number of aromatic nitrogens is 3. The Morgan fingerprint density at radius 1 is 1.14 bits per heavy atom. The average molecular weight is 677 g/mol. The number of nitriles is 1. The number of aromatic amines is 1. The molecule has 42 heavy (non-hydrogen) atoms. The molecule has 0 aliphatic heterocycles. The Kier molecular flexibility index (Phi) is 11.3.